The van der Waals surface area contributed by atoms with Gasteiger partial charge in [-0.1, -0.05) is 0 Å². The number of rotatable bonds is 5. The molecule has 0 aromatic heterocycles. The molecule has 2 aliphatic rings. The molecule has 3 unspecified atom stereocenters. The van der Waals surface area contributed by atoms with Crippen LogP contribution >= 0.6 is 0 Å². The predicted octanol–water partition coefficient (Wildman–Crippen LogP) is 2.22. The summed E-state index contributed by atoms with van der Waals surface area (Å²) in [6.07, 6.45) is 4.79. The average Bonchev–Trinajstić information content (AvgIpc) is 2.93. The second kappa shape index (κ2) is 7.81. The summed E-state index contributed by atoms with van der Waals surface area (Å²) in [7, 11) is 1.75. The molecule has 1 amide bonds. The van der Waals surface area contributed by atoms with Crippen LogP contribution in [0.2, 0.25) is 0 Å². The summed E-state index contributed by atoms with van der Waals surface area (Å²) < 4.78 is 16.5. The van der Waals surface area contributed by atoms with Crippen LogP contribution in [0.3, 0.4) is 0 Å². The Balaban J connectivity index is 1.76. The lowest BCUT2D eigenvalue weighted by atomic mass is 9.90. The zero-order valence-corrected chi connectivity index (χ0v) is 14.9. The zero-order valence-electron chi connectivity index (χ0n) is 14.9. The lowest BCUT2D eigenvalue weighted by Crippen LogP contribution is -2.50. The second-order valence-electron chi connectivity index (χ2n) is 7.78. The minimum absolute atomic E-state index is 0.175. The minimum atomic E-state index is -0.455. The summed E-state index contributed by atoms with van der Waals surface area (Å²) in [4.78, 5) is 11.9. The molecule has 23 heavy (non-hydrogen) atoms. The summed E-state index contributed by atoms with van der Waals surface area (Å²) in [5.41, 5.74) is -0.644. The highest BCUT2D eigenvalue weighted by Crippen LogP contribution is 2.24. The van der Waals surface area contributed by atoms with Gasteiger partial charge < -0.3 is 24.8 Å². The molecular weight excluding hydrogens is 296 g/mol. The highest BCUT2D eigenvalue weighted by Gasteiger charge is 2.36. The molecule has 2 rings (SSSR count). The van der Waals surface area contributed by atoms with Gasteiger partial charge in [-0.25, -0.2) is 4.79 Å². The molecule has 1 saturated carbocycles. The molecule has 6 nitrogen and oxygen atoms in total. The third-order valence-electron chi connectivity index (χ3n) is 4.61. The lowest BCUT2D eigenvalue weighted by molar-refractivity contribution is -0.0185. The molecule has 1 aliphatic heterocycles. The summed E-state index contributed by atoms with van der Waals surface area (Å²) in [5.74, 6) is 0. The van der Waals surface area contributed by atoms with Gasteiger partial charge in [0, 0.05) is 38.8 Å². The molecular formula is C17H32N2O4. The Morgan fingerprint density at radius 2 is 2.04 bits per heavy atom. The summed E-state index contributed by atoms with van der Waals surface area (Å²) in [5, 5.41) is 6.61. The van der Waals surface area contributed by atoms with E-state index in [1.54, 1.807) is 7.11 Å². The number of nitrogens with one attached hydrogen (secondary N) is 2. The highest BCUT2D eigenvalue weighted by atomic mass is 16.6. The zero-order chi connectivity index (χ0) is 16.9. The van der Waals surface area contributed by atoms with Crippen molar-refractivity contribution in [1.29, 1.82) is 0 Å². The summed E-state index contributed by atoms with van der Waals surface area (Å²) in [6, 6.07) is 0.575. The topological polar surface area (TPSA) is 68.8 Å². The molecule has 1 saturated heterocycles. The molecule has 0 spiro atoms. The van der Waals surface area contributed by atoms with Gasteiger partial charge in [0.15, 0.2) is 0 Å². The molecule has 0 radical (unpaired) electrons. The van der Waals surface area contributed by atoms with Crippen molar-refractivity contribution < 1.29 is 19.0 Å². The van der Waals surface area contributed by atoms with Crippen LogP contribution in [0.25, 0.3) is 0 Å². The van der Waals surface area contributed by atoms with Crippen LogP contribution in [0.1, 0.15) is 52.9 Å². The van der Waals surface area contributed by atoms with Gasteiger partial charge in [-0.2, -0.15) is 0 Å². The molecule has 1 aliphatic carbocycles. The largest absolute Gasteiger partial charge is 0.444 e. The molecule has 0 aromatic rings. The number of alkyl carbamates (subject to hydrolysis) is 1. The van der Waals surface area contributed by atoms with Gasteiger partial charge in [0.2, 0.25) is 0 Å². The number of carbonyl (C=O) groups excluding carboxylic acids is 1. The van der Waals surface area contributed by atoms with E-state index in [9.17, 15) is 4.79 Å². The number of hydrogen-bond donors (Lipinski definition) is 2. The number of methoxy groups -OCH3 is 1. The Bertz CT molecular complexity index is 389. The number of ether oxygens (including phenoxy) is 3. The molecule has 1 heterocycles. The van der Waals surface area contributed by atoms with E-state index < -0.39 is 5.60 Å². The van der Waals surface area contributed by atoms with Crippen LogP contribution in [-0.2, 0) is 14.2 Å². The number of amides is 1. The normalized spacial score (nSPS) is 31.8. The first kappa shape index (κ1) is 18.5. The van der Waals surface area contributed by atoms with E-state index in [1.807, 2.05) is 20.8 Å². The molecule has 2 N–H and O–H groups in total. The van der Waals surface area contributed by atoms with Crippen molar-refractivity contribution in [1.82, 2.24) is 10.6 Å². The van der Waals surface area contributed by atoms with Crippen molar-refractivity contribution in [3.8, 4) is 0 Å². The Kier molecular flexibility index (Phi) is 6.28. The first-order valence-corrected chi connectivity index (χ1v) is 8.68. The number of hydrogen-bond acceptors (Lipinski definition) is 5. The van der Waals surface area contributed by atoms with Crippen LogP contribution in [0, 0.1) is 0 Å². The van der Waals surface area contributed by atoms with E-state index in [0.717, 1.165) is 45.3 Å². The van der Waals surface area contributed by atoms with Gasteiger partial charge in [0.25, 0.3) is 0 Å². The average molecular weight is 328 g/mol. The Morgan fingerprint density at radius 3 is 2.65 bits per heavy atom. The van der Waals surface area contributed by atoms with Crippen molar-refractivity contribution in [2.45, 2.75) is 76.2 Å². The fourth-order valence-electron chi connectivity index (χ4n) is 3.27. The lowest BCUT2D eigenvalue weighted by Gasteiger charge is -2.34. The van der Waals surface area contributed by atoms with Gasteiger partial charge in [-0.05, 0) is 46.5 Å². The van der Waals surface area contributed by atoms with Crippen LogP contribution in [-0.4, -0.2) is 56.2 Å². The molecule has 6 heteroatoms. The number of carbonyl (C=O) groups is 1. The fourth-order valence-corrected chi connectivity index (χ4v) is 3.27. The maximum Gasteiger partial charge on any atom is 0.407 e. The molecule has 2 fully saturated rings. The van der Waals surface area contributed by atoms with E-state index in [-0.39, 0.29) is 17.7 Å². The first-order chi connectivity index (χ1) is 10.8. The van der Waals surface area contributed by atoms with E-state index in [4.69, 9.17) is 14.2 Å². The quantitative estimate of drug-likeness (QED) is 0.810. The Labute approximate surface area is 139 Å². The van der Waals surface area contributed by atoms with E-state index in [0.29, 0.717) is 12.6 Å². The molecule has 134 valence electrons. The monoisotopic (exact) mass is 328 g/mol. The minimum Gasteiger partial charge on any atom is -0.444 e. The van der Waals surface area contributed by atoms with Crippen molar-refractivity contribution in [3.05, 3.63) is 0 Å². The van der Waals surface area contributed by atoms with Gasteiger partial charge in [-0.3, -0.25) is 0 Å². The van der Waals surface area contributed by atoms with Gasteiger partial charge >= 0.3 is 6.09 Å². The van der Waals surface area contributed by atoms with Crippen LogP contribution in [0.4, 0.5) is 4.79 Å². The maximum atomic E-state index is 11.9. The standard InChI is InChI=1S/C17H32N2O4/c1-16(2,3)23-15(20)19-14-7-5-6-13(10-14)18-11-17(21-4)8-9-22-12-17/h13-14,18H,5-12H2,1-4H3,(H,19,20). The Morgan fingerprint density at radius 1 is 1.30 bits per heavy atom. The van der Waals surface area contributed by atoms with Crippen molar-refractivity contribution in [2.24, 2.45) is 0 Å². The van der Waals surface area contributed by atoms with Crippen LogP contribution < -0.4 is 10.6 Å². The van der Waals surface area contributed by atoms with Gasteiger partial charge in [0.1, 0.15) is 11.2 Å². The molecule has 0 bridgehead atoms. The smallest absolute Gasteiger partial charge is 0.407 e. The predicted molar refractivity (Wildman–Crippen MR) is 88.6 cm³/mol. The molecule has 0 aromatic carbocycles. The third kappa shape index (κ3) is 5.94. The van der Waals surface area contributed by atoms with Crippen molar-refractivity contribution in [3.63, 3.8) is 0 Å². The van der Waals surface area contributed by atoms with Crippen LogP contribution in [0.5, 0.6) is 0 Å². The second-order valence-corrected chi connectivity index (χ2v) is 7.78. The maximum absolute atomic E-state index is 11.9. The molecule has 3 atom stereocenters. The summed E-state index contributed by atoms with van der Waals surface area (Å²) in [6.45, 7) is 7.86. The van der Waals surface area contributed by atoms with Gasteiger partial charge in [-0.15, -0.1) is 0 Å². The van der Waals surface area contributed by atoms with E-state index in [1.165, 1.54) is 0 Å². The van der Waals surface area contributed by atoms with Crippen molar-refractivity contribution >= 4 is 6.09 Å². The first-order valence-electron chi connectivity index (χ1n) is 8.68. The highest BCUT2D eigenvalue weighted by molar-refractivity contribution is 5.68. The van der Waals surface area contributed by atoms with Crippen LogP contribution in [0.15, 0.2) is 0 Å². The summed E-state index contributed by atoms with van der Waals surface area (Å²) >= 11 is 0. The fraction of sp³-hybridized carbons (Fsp3) is 0.941. The van der Waals surface area contributed by atoms with E-state index >= 15 is 0 Å². The SMILES string of the molecule is COC1(CNC2CCCC(NC(=O)OC(C)(C)C)C2)CCOC1. The van der Waals surface area contributed by atoms with Gasteiger partial charge in [0.05, 0.1) is 6.61 Å². The third-order valence-corrected chi connectivity index (χ3v) is 4.61. The Hall–Kier alpha value is -0.850. The van der Waals surface area contributed by atoms with E-state index in [2.05, 4.69) is 10.6 Å². The van der Waals surface area contributed by atoms with Crippen molar-refractivity contribution in [2.75, 3.05) is 26.9 Å².